The van der Waals surface area contributed by atoms with Crippen LogP contribution in [-0.4, -0.2) is 11.3 Å². The third-order valence-corrected chi connectivity index (χ3v) is 1.79. The molecule has 84 valence electrons. The Balaban J connectivity index is 3.06. The minimum absolute atomic E-state index is 0.0497. The van der Waals surface area contributed by atoms with Gasteiger partial charge in [0, 0.05) is 12.6 Å². The molecule has 1 aromatic heterocycles. The number of hydrogen-bond acceptors (Lipinski definition) is 4. The molecule has 0 saturated heterocycles. The van der Waals surface area contributed by atoms with E-state index in [-0.39, 0.29) is 22.9 Å². The van der Waals surface area contributed by atoms with Gasteiger partial charge in [-0.05, 0) is 0 Å². The summed E-state index contributed by atoms with van der Waals surface area (Å²) in [5.74, 6) is -0.679. The molecule has 0 aliphatic heterocycles. The number of anilines is 1. The van der Waals surface area contributed by atoms with Crippen LogP contribution >= 0.6 is 11.6 Å². The summed E-state index contributed by atoms with van der Waals surface area (Å²) in [6.07, 6.45) is -4.82. The number of nitrogens with two attached hydrogens (primary N) is 2. The summed E-state index contributed by atoms with van der Waals surface area (Å²) in [4.78, 5) is 3.46. The van der Waals surface area contributed by atoms with Crippen molar-refractivity contribution < 1.29 is 17.9 Å². The van der Waals surface area contributed by atoms with E-state index in [9.17, 15) is 13.2 Å². The monoisotopic (exact) mass is 241 g/mol. The highest BCUT2D eigenvalue weighted by atomic mass is 35.5. The summed E-state index contributed by atoms with van der Waals surface area (Å²) in [6.45, 7) is -0.124. The van der Waals surface area contributed by atoms with E-state index < -0.39 is 12.2 Å². The van der Waals surface area contributed by atoms with Gasteiger partial charge in [0.2, 0.25) is 5.88 Å². The molecule has 15 heavy (non-hydrogen) atoms. The fraction of sp³-hybridized carbons (Fsp3) is 0.286. The molecule has 4 nitrogen and oxygen atoms in total. The van der Waals surface area contributed by atoms with Crippen molar-refractivity contribution in [1.29, 1.82) is 0 Å². The number of pyridine rings is 1. The van der Waals surface area contributed by atoms with E-state index in [1.807, 2.05) is 0 Å². The molecule has 8 heteroatoms. The SMILES string of the molecule is NCc1nc(OC(F)(F)F)cc(Cl)c1N. The summed E-state index contributed by atoms with van der Waals surface area (Å²) in [6, 6.07) is 0.879. The Bertz CT molecular complexity index is 369. The van der Waals surface area contributed by atoms with Crippen LogP contribution in [0.4, 0.5) is 18.9 Å². The van der Waals surface area contributed by atoms with Crippen LogP contribution in [0.25, 0.3) is 0 Å². The maximum Gasteiger partial charge on any atom is 0.574 e. The van der Waals surface area contributed by atoms with Crippen LogP contribution in [0.5, 0.6) is 5.88 Å². The summed E-state index contributed by atoms with van der Waals surface area (Å²) in [5.41, 5.74) is 10.7. The second-order valence-electron chi connectivity index (χ2n) is 2.55. The van der Waals surface area contributed by atoms with E-state index in [4.69, 9.17) is 23.1 Å². The molecule has 0 unspecified atom stereocenters. The molecular weight excluding hydrogens is 235 g/mol. The molecule has 0 bridgehead atoms. The first-order chi connectivity index (χ1) is 6.83. The molecule has 0 radical (unpaired) electrons. The summed E-state index contributed by atoms with van der Waals surface area (Å²) < 4.78 is 39.1. The molecule has 0 aliphatic carbocycles. The topological polar surface area (TPSA) is 74.2 Å². The Hall–Kier alpha value is -1.21. The lowest BCUT2D eigenvalue weighted by molar-refractivity contribution is -0.276. The minimum Gasteiger partial charge on any atom is -0.396 e. The molecule has 0 spiro atoms. The molecule has 1 heterocycles. The van der Waals surface area contributed by atoms with Crippen LogP contribution in [0, 0.1) is 0 Å². The van der Waals surface area contributed by atoms with Crippen molar-refractivity contribution in [3.63, 3.8) is 0 Å². The van der Waals surface area contributed by atoms with Gasteiger partial charge in [-0.2, -0.15) is 0 Å². The first kappa shape index (κ1) is 11.9. The largest absolute Gasteiger partial charge is 0.574 e. The average Bonchev–Trinajstić information content (AvgIpc) is 2.08. The Morgan fingerprint density at radius 2 is 2.07 bits per heavy atom. The van der Waals surface area contributed by atoms with Crippen LogP contribution in [0.15, 0.2) is 6.07 Å². The highest BCUT2D eigenvalue weighted by molar-refractivity contribution is 6.33. The molecule has 0 saturated carbocycles. The number of nitrogens with zero attached hydrogens (tertiary/aromatic N) is 1. The lowest BCUT2D eigenvalue weighted by atomic mass is 10.3. The minimum atomic E-state index is -4.82. The zero-order valence-electron chi connectivity index (χ0n) is 7.31. The van der Waals surface area contributed by atoms with Gasteiger partial charge in [0.25, 0.3) is 0 Å². The van der Waals surface area contributed by atoms with Crippen molar-refractivity contribution in [3.8, 4) is 5.88 Å². The lowest BCUT2D eigenvalue weighted by Crippen LogP contribution is -2.19. The van der Waals surface area contributed by atoms with E-state index in [0.29, 0.717) is 0 Å². The van der Waals surface area contributed by atoms with E-state index in [0.717, 1.165) is 6.07 Å². The van der Waals surface area contributed by atoms with Gasteiger partial charge in [-0.3, -0.25) is 0 Å². The fourth-order valence-corrected chi connectivity index (χ4v) is 1.08. The first-order valence-corrected chi connectivity index (χ1v) is 4.12. The van der Waals surface area contributed by atoms with Crippen molar-refractivity contribution in [1.82, 2.24) is 4.98 Å². The number of halogens is 4. The van der Waals surface area contributed by atoms with Crippen LogP contribution in [0.2, 0.25) is 5.02 Å². The number of aromatic nitrogens is 1. The molecule has 0 aromatic carbocycles. The van der Waals surface area contributed by atoms with E-state index in [1.54, 1.807) is 0 Å². The van der Waals surface area contributed by atoms with Crippen molar-refractivity contribution in [2.75, 3.05) is 5.73 Å². The molecule has 0 amide bonds. The average molecular weight is 242 g/mol. The molecular formula is C7H7ClF3N3O. The van der Waals surface area contributed by atoms with E-state index >= 15 is 0 Å². The van der Waals surface area contributed by atoms with Gasteiger partial charge in [-0.25, -0.2) is 4.98 Å². The number of nitrogen functional groups attached to an aromatic ring is 1. The van der Waals surface area contributed by atoms with Crippen LogP contribution in [0.3, 0.4) is 0 Å². The van der Waals surface area contributed by atoms with Crippen molar-refractivity contribution in [2.24, 2.45) is 5.73 Å². The summed E-state index contributed by atoms with van der Waals surface area (Å²) in [5, 5.41) is -0.0790. The number of hydrogen-bond donors (Lipinski definition) is 2. The van der Waals surface area contributed by atoms with Crippen LogP contribution in [-0.2, 0) is 6.54 Å². The smallest absolute Gasteiger partial charge is 0.396 e. The normalized spacial score (nSPS) is 11.5. The Morgan fingerprint density at radius 1 is 1.47 bits per heavy atom. The van der Waals surface area contributed by atoms with Gasteiger partial charge in [0.05, 0.1) is 16.4 Å². The van der Waals surface area contributed by atoms with Crippen molar-refractivity contribution in [2.45, 2.75) is 12.9 Å². The highest BCUT2D eigenvalue weighted by Crippen LogP contribution is 2.28. The molecule has 0 aliphatic rings. The Labute approximate surface area is 88.0 Å². The second kappa shape index (κ2) is 4.11. The predicted octanol–water partition coefficient (Wildman–Crippen LogP) is 1.67. The second-order valence-corrected chi connectivity index (χ2v) is 2.96. The fourth-order valence-electron chi connectivity index (χ4n) is 0.876. The zero-order chi connectivity index (χ0) is 11.6. The molecule has 4 N–H and O–H groups in total. The highest BCUT2D eigenvalue weighted by Gasteiger charge is 2.32. The maximum atomic E-state index is 11.8. The lowest BCUT2D eigenvalue weighted by Gasteiger charge is -2.11. The standard InChI is InChI=1S/C7H7ClF3N3O/c8-3-1-5(15-7(9,10)11)14-4(2-12)6(3)13/h1H,2,12-13H2. The van der Waals surface area contributed by atoms with Gasteiger partial charge >= 0.3 is 6.36 Å². The van der Waals surface area contributed by atoms with Crippen molar-refractivity contribution >= 4 is 17.3 Å². The van der Waals surface area contributed by atoms with Gasteiger partial charge in [0.15, 0.2) is 0 Å². The molecule has 0 fully saturated rings. The molecule has 0 atom stereocenters. The van der Waals surface area contributed by atoms with Crippen LogP contribution < -0.4 is 16.2 Å². The van der Waals surface area contributed by atoms with E-state index in [2.05, 4.69) is 9.72 Å². The summed E-state index contributed by atoms with van der Waals surface area (Å²) in [7, 11) is 0. The number of rotatable bonds is 2. The Morgan fingerprint density at radius 3 is 2.53 bits per heavy atom. The van der Waals surface area contributed by atoms with Gasteiger partial charge in [-0.1, -0.05) is 11.6 Å². The van der Waals surface area contributed by atoms with Gasteiger partial charge in [0.1, 0.15) is 0 Å². The number of alkyl halides is 3. The maximum absolute atomic E-state index is 11.8. The van der Waals surface area contributed by atoms with Gasteiger partial charge in [-0.15, -0.1) is 13.2 Å². The van der Waals surface area contributed by atoms with Crippen molar-refractivity contribution in [3.05, 3.63) is 16.8 Å². The quantitative estimate of drug-likeness (QED) is 0.826. The Kier molecular flexibility index (Phi) is 3.25. The molecule has 1 rings (SSSR count). The molecule has 1 aromatic rings. The van der Waals surface area contributed by atoms with Crippen LogP contribution in [0.1, 0.15) is 5.69 Å². The predicted molar refractivity (Wildman–Crippen MR) is 48.2 cm³/mol. The zero-order valence-corrected chi connectivity index (χ0v) is 8.06. The summed E-state index contributed by atoms with van der Waals surface area (Å²) >= 11 is 5.56. The first-order valence-electron chi connectivity index (χ1n) is 3.74. The number of ether oxygens (including phenoxy) is 1. The van der Waals surface area contributed by atoms with E-state index in [1.165, 1.54) is 0 Å². The third-order valence-electron chi connectivity index (χ3n) is 1.48. The third kappa shape index (κ3) is 3.14. The van der Waals surface area contributed by atoms with Gasteiger partial charge < -0.3 is 16.2 Å².